The number of halogens is 1. The van der Waals surface area contributed by atoms with Crippen molar-refractivity contribution in [1.29, 1.82) is 0 Å². The largest absolute Gasteiger partial charge is 0.496 e. The number of carbonyl (C=O) groups excluding carboxylic acids is 2. The van der Waals surface area contributed by atoms with Crippen LogP contribution in [0, 0.1) is 0 Å². The standard InChI is InChI=1S/C14H16BrNO3/c1-19-13-5-4-11(15)7-10(13)8-14(18)16-6-2-3-12(17)9-16/h4-5,7H,2-3,6,8-9H2,1H3. The molecule has 1 saturated heterocycles. The molecule has 0 bridgehead atoms. The second kappa shape index (κ2) is 6.19. The summed E-state index contributed by atoms with van der Waals surface area (Å²) < 4.78 is 6.16. The number of Topliss-reactive ketones (excluding diaryl/α,β-unsaturated/α-hetero) is 1. The molecule has 19 heavy (non-hydrogen) atoms. The molecule has 0 aromatic heterocycles. The van der Waals surface area contributed by atoms with E-state index in [0.29, 0.717) is 18.7 Å². The summed E-state index contributed by atoms with van der Waals surface area (Å²) in [5, 5.41) is 0. The fourth-order valence-corrected chi connectivity index (χ4v) is 2.62. The third-order valence-electron chi connectivity index (χ3n) is 3.19. The van der Waals surface area contributed by atoms with Crippen LogP contribution in [0.2, 0.25) is 0 Å². The first kappa shape index (κ1) is 14.1. The van der Waals surface area contributed by atoms with E-state index in [9.17, 15) is 9.59 Å². The summed E-state index contributed by atoms with van der Waals surface area (Å²) in [5.41, 5.74) is 0.833. The number of methoxy groups -OCH3 is 1. The normalized spacial score (nSPS) is 15.5. The lowest BCUT2D eigenvalue weighted by molar-refractivity contribution is -0.137. The van der Waals surface area contributed by atoms with Crippen molar-refractivity contribution in [2.45, 2.75) is 19.3 Å². The Morgan fingerprint density at radius 3 is 2.95 bits per heavy atom. The Bertz CT molecular complexity index is 501. The van der Waals surface area contributed by atoms with Crippen LogP contribution in [-0.2, 0) is 16.0 Å². The van der Waals surface area contributed by atoms with Crippen molar-refractivity contribution in [3.05, 3.63) is 28.2 Å². The van der Waals surface area contributed by atoms with Crippen molar-refractivity contribution >= 4 is 27.6 Å². The first-order valence-corrected chi connectivity index (χ1v) is 7.01. The van der Waals surface area contributed by atoms with Crippen molar-refractivity contribution in [2.24, 2.45) is 0 Å². The molecule has 1 aliphatic rings. The van der Waals surface area contributed by atoms with Crippen LogP contribution >= 0.6 is 15.9 Å². The summed E-state index contributed by atoms with van der Waals surface area (Å²) in [4.78, 5) is 25.2. The van der Waals surface area contributed by atoms with Gasteiger partial charge in [0.05, 0.1) is 20.1 Å². The molecule has 1 aromatic carbocycles. The second-order valence-corrected chi connectivity index (χ2v) is 5.51. The number of nitrogens with zero attached hydrogens (tertiary/aromatic N) is 1. The maximum Gasteiger partial charge on any atom is 0.227 e. The molecule has 1 aromatic rings. The number of piperidine rings is 1. The molecule has 0 spiro atoms. The van der Waals surface area contributed by atoms with Gasteiger partial charge >= 0.3 is 0 Å². The van der Waals surface area contributed by atoms with Gasteiger partial charge in [-0.05, 0) is 24.6 Å². The molecule has 2 rings (SSSR count). The molecule has 0 aliphatic carbocycles. The first-order valence-electron chi connectivity index (χ1n) is 6.22. The smallest absolute Gasteiger partial charge is 0.227 e. The lowest BCUT2D eigenvalue weighted by atomic mass is 10.1. The molecule has 1 amide bonds. The van der Waals surface area contributed by atoms with Gasteiger partial charge in [-0.1, -0.05) is 15.9 Å². The van der Waals surface area contributed by atoms with E-state index in [1.54, 1.807) is 12.0 Å². The highest BCUT2D eigenvalue weighted by molar-refractivity contribution is 9.10. The van der Waals surface area contributed by atoms with Crippen molar-refractivity contribution in [3.63, 3.8) is 0 Å². The lowest BCUT2D eigenvalue weighted by Crippen LogP contribution is -2.40. The van der Waals surface area contributed by atoms with E-state index in [2.05, 4.69) is 15.9 Å². The predicted molar refractivity (Wildman–Crippen MR) is 75.2 cm³/mol. The molecule has 0 radical (unpaired) electrons. The maximum absolute atomic E-state index is 12.2. The minimum atomic E-state index is -0.0237. The van der Waals surface area contributed by atoms with Crippen molar-refractivity contribution in [1.82, 2.24) is 4.90 Å². The zero-order valence-corrected chi connectivity index (χ0v) is 12.4. The van der Waals surface area contributed by atoms with Crippen LogP contribution in [-0.4, -0.2) is 36.8 Å². The Kier molecular flexibility index (Phi) is 4.58. The van der Waals surface area contributed by atoms with Crippen LogP contribution in [0.5, 0.6) is 5.75 Å². The Balaban J connectivity index is 2.09. The number of amides is 1. The Labute approximate surface area is 120 Å². The summed E-state index contributed by atoms with van der Waals surface area (Å²) in [6.07, 6.45) is 1.61. The average Bonchev–Trinajstić information content (AvgIpc) is 2.39. The number of carbonyl (C=O) groups is 2. The van der Waals surface area contributed by atoms with Crippen LogP contribution in [0.1, 0.15) is 18.4 Å². The van der Waals surface area contributed by atoms with Crippen LogP contribution < -0.4 is 4.74 Å². The molecule has 4 nitrogen and oxygen atoms in total. The number of likely N-dealkylation sites (tertiary alicyclic amines) is 1. The summed E-state index contributed by atoms with van der Waals surface area (Å²) >= 11 is 3.39. The zero-order valence-electron chi connectivity index (χ0n) is 10.8. The molecule has 1 heterocycles. The summed E-state index contributed by atoms with van der Waals surface area (Å²) in [6, 6.07) is 5.58. The molecule has 5 heteroatoms. The molecule has 102 valence electrons. The van der Waals surface area contributed by atoms with Crippen molar-refractivity contribution < 1.29 is 14.3 Å². The van der Waals surface area contributed by atoms with E-state index >= 15 is 0 Å². The highest BCUT2D eigenvalue weighted by Gasteiger charge is 2.22. The van der Waals surface area contributed by atoms with Gasteiger partial charge < -0.3 is 9.64 Å². The molecule has 1 aliphatic heterocycles. The topological polar surface area (TPSA) is 46.6 Å². The number of hydrogen-bond acceptors (Lipinski definition) is 3. The third kappa shape index (κ3) is 3.56. The summed E-state index contributed by atoms with van der Waals surface area (Å²) in [6.45, 7) is 0.913. The van der Waals surface area contributed by atoms with Gasteiger partial charge in [0.2, 0.25) is 5.91 Å². The number of ether oxygens (including phenoxy) is 1. The summed E-state index contributed by atoms with van der Waals surface area (Å²) in [5.74, 6) is 0.810. The Morgan fingerprint density at radius 1 is 1.47 bits per heavy atom. The fourth-order valence-electron chi connectivity index (χ4n) is 2.21. The first-order chi connectivity index (χ1) is 9.10. The van der Waals surface area contributed by atoms with Gasteiger partial charge in [-0.2, -0.15) is 0 Å². The maximum atomic E-state index is 12.2. The lowest BCUT2D eigenvalue weighted by Gasteiger charge is -2.26. The highest BCUT2D eigenvalue weighted by atomic mass is 79.9. The van der Waals surface area contributed by atoms with Crippen LogP contribution in [0.4, 0.5) is 0 Å². The predicted octanol–water partition coefficient (Wildman–Crippen LogP) is 2.19. The molecule has 0 N–H and O–H groups in total. The molecule has 1 fully saturated rings. The SMILES string of the molecule is COc1ccc(Br)cc1CC(=O)N1CCCC(=O)C1. The van der Waals surface area contributed by atoms with E-state index in [1.165, 1.54) is 0 Å². The van der Waals surface area contributed by atoms with Gasteiger partial charge in [-0.3, -0.25) is 9.59 Å². The number of ketones is 1. The van der Waals surface area contributed by atoms with Gasteiger partial charge in [0, 0.05) is 23.0 Å². The summed E-state index contributed by atoms with van der Waals surface area (Å²) in [7, 11) is 1.58. The molecular weight excluding hydrogens is 310 g/mol. The van der Waals surface area contributed by atoms with Gasteiger partial charge in [0.1, 0.15) is 5.75 Å². The minimum Gasteiger partial charge on any atom is -0.496 e. The molecule has 0 unspecified atom stereocenters. The molecular formula is C14H16BrNO3. The van der Waals surface area contributed by atoms with E-state index in [-0.39, 0.29) is 24.7 Å². The molecule has 0 saturated carbocycles. The van der Waals surface area contributed by atoms with Gasteiger partial charge in [-0.25, -0.2) is 0 Å². The van der Waals surface area contributed by atoms with Crippen LogP contribution in [0.3, 0.4) is 0 Å². The van der Waals surface area contributed by atoms with E-state index in [0.717, 1.165) is 16.5 Å². The monoisotopic (exact) mass is 325 g/mol. The Morgan fingerprint density at radius 2 is 2.26 bits per heavy atom. The van der Waals surface area contributed by atoms with Gasteiger partial charge in [0.15, 0.2) is 5.78 Å². The zero-order chi connectivity index (χ0) is 13.8. The van der Waals surface area contributed by atoms with E-state index in [1.807, 2.05) is 18.2 Å². The van der Waals surface area contributed by atoms with Crippen molar-refractivity contribution in [2.75, 3.05) is 20.2 Å². The number of benzene rings is 1. The van der Waals surface area contributed by atoms with Gasteiger partial charge in [0.25, 0.3) is 0 Å². The minimum absolute atomic E-state index is 0.0237. The fraction of sp³-hybridized carbons (Fsp3) is 0.429. The van der Waals surface area contributed by atoms with Gasteiger partial charge in [-0.15, -0.1) is 0 Å². The van der Waals surface area contributed by atoms with Crippen molar-refractivity contribution in [3.8, 4) is 5.75 Å². The highest BCUT2D eigenvalue weighted by Crippen LogP contribution is 2.24. The van der Waals surface area contributed by atoms with E-state index in [4.69, 9.17) is 4.74 Å². The third-order valence-corrected chi connectivity index (χ3v) is 3.68. The second-order valence-electron chi connectivity index (χ2n) is 4.59. The van der Waals surface area contributed by atoms with Crippen LogP contribution in [0.15, 0.2) is 22.7 Å². The number of hydrogen-bond donors (Lipinski definition) is 0. The molecule has 0 atom stereocenters. The quantitative estimate of drug-likeness (QED) is 0.855. The number of rotatable bonds is 3. The Hall–Kier alpha value is -1.36. The van der Waals surface area contributed by atoms with Crippen LogP contribution in [0.25, 0.3) is 0 Å². The average molecular weight is 326 g/mol. The van der Waals surface area contributed by atoms with E-state index < -0.39 is 0 Å².